The Hall–Kier alpha value is 0.270. The van der Waals surface area contributed by atoms with Gasteiger partial charge in [-0.15, -0.1) is 0 Å². The lowest BCUT2D eigenvalue weighted by Crippen LogP contribution is -2.09. The number of unbranched alkanes of at least 4 members (excludes halogenated alkanes) is 3. The Labute approximate surface area is 92.1 Å². The minimum atomic E-state index is -0.303. The zero-order chi connectivity index (χ0) is 10.6. The third kappa shape index (κ3) is 10.4. The highest BCUT2D eigenvalue weighted by atomic mass is 32.2. The largest absolute Gasteiger partial charge is 0.396 e. The van der Waals surface area contributed by atoms with E-state index in [0.29, 0.717) is 6.42 Å². The van der Waals surface area contributed by atoms with E-state index in [2.05, 4.69) is 6.92 Å². The highest BCUT2D eigenvalue weighted by Crippen LogP contribution is 2.10. The van der Waals surface area contributed by atoms with Crippen LogP contribution in [0.3, 0.4) is 0 Å². The second-order valence-electron chi connectivity index (χ2n) is 3.63. The van der Waals surface area contributed by atoms with Crippen molar-refractivity contribution < 1.29 is 10.2 Å². The Morgan fingerprint density at radius 2 is 1.86 bits per heavy atom. The van der Waals surface area contributed by atoms with Crippen molar-refractivity contribution in [2.45, 2.75) is 51.6 Å². The maximum absolute atomic E-state index is 9.32. The van der Waals surface area contributed by atoms with Crippen molar-refractivity contribution in [3.05, 3.63) is 0 Å². The van der Waals surface area contributed by atoms with Gasteiger partial charge in [0.2, 0.25) is 0 Å². The lowest BCUT2D eigenvalue weighted by atomic mass is 10.2. The average Bonchev–Trinajstić information content (AvgIpc) is 2.17. The first kappa shape index (κ1) is 14.3. The van der Waals surface area contributed by atoms with E-state index in [1.54, 1.807) is 0 Å². The van der Waals surface area contributed by atoms with Crippen LogP contribution in [0.2, 0.25) is 0 Å². The van der Waals surface area contributed by atoms with Gasteiger partial charge >= 0.3 is 0 Å². The maximum Gasteiger partial charge on any atom is 0.0570 e. The van der Waals surface area contributed by atoms with Crippen LogP contribution in [0.25, 0.3) is 0 Å². The van der Waals surface area contributed by atoms with Gasteiger partial charge in [0.15, 0.2) is 0 Å². The molecule has 0 saturated heterocycles. The summed E-state index contributed by atoms with van der Waals surface area (Å²) in [4.78, 5) is 0. The minimum Gasteiger partial charge on any atom is -0.396 e. The van der Waals surface area contributed by atoms with E-state index in [-0.39, 0.29) is 12.7 Å². The Morgan fingerprint density at radius 1 is 1.07 bits per heavy atom. The molecule has 0 aliphatic rings. The van der Waals surface area contributed by atoms with E-state index in [1.807, 2.05) is 11.8 Å². The standard InChI is InChI=1S/C11H24O2S/c1-2-3-4-5-9-14-10-7-11(13)6-8-12/h11-13H,2-10H2,1H3. The molecule has 0 heterocycles. The number of thioether (sulfide) groups is 1. The summed E-state index contributed by atoms with van der Waals surface area (Å²) in [6.45, 7) is 2.32. The zero-order valence-corrected chi connectivity index (χ0v) is 10.1. The van der Waals surface area contributed by atoms with Crippen molar-refractivity contribution in [2.75, 3.05) is 18.1 Å². The van der Waals surface area contributed by atoms with Gasteiger partial charge < -0.3 is 10.2 Å². The van der Waals surface area contributed by atoms with Crippen LogP contribution in [0.15, 0.2) is 0 Å². The van der Waals surface area contributed by atoms with E-state index in [4.69, 9.17) is 5.11 Å². The summed E-state index contributed by atoms with van der Waals surface area (Å²) in [5, 5.41) is 17.9. The normalized spacial score (nSPS) is 13.1. The number of hydrogen-bond donors (Lipinski definition) is 2. The molecule has 0 radical (unpaired) electrons. The van der Waals surface area contributed by atoms with Gasteiger partial charge in [-0.05, 0) is 30.8 Å². The molecule has 1 atom stereocenters. The SMILES string of the molecule is CCCCCCSCCC(O)CCO. The fourth-order valence-corrected chi connectivity index (χ4v) is 2.30. The van der Waals surface area contributed by atoms with Gasteiger partial charge in [0.05, 0.1) is 6.10 Å². The molecule has 0 aromatic rings. The molecule has 0 fully saturated rings. The molecule has 86 valence electrons. The minimum absolute atomic E-state index is 0.0995. The summed E-state index contributed by atoms with van der Waals surface area (Å²) in [5.41, 5.74) is 0. The molecule has 1 unspecified atom stereocenters. The highest BCUT2D eigenvalue weighted by molar-refractivity contribution is 7.99. The van der Waals surface area contributed by atoms with E-state index >= 15 is 0 Å². The summed E-state index contributed by atoms with van der Waals surface area (Å²) in [5.74, 6) is 2.24. The molecule has 14 heavy (non-hydrogen) atoms. The predicted molar refractivity (Wildman–Crippen MR) is 63.8 cm³/mol. The van der Waals surface area contributed by atoms with Crippen LogP contribution in [0.5, 0.6) is 0 Å². The van der Waals surface area contributed by atoms with Crippen LogP contribution in [0.4, 0.5) is 0 Å². The summed E-state index contributed by atoms with van der Waals surface area (Å²) in [6.07, 6.45) is 6.31. The van der Waals surface area contributed by atoms with Gasteiger partial charge in [0.1, 0.15) is 0 Å². The third-order valence-corrected chi connectivity index (χ3v) is 3.30. The Morgan fingerprint density at radius 3 is 2.50 bits per heavy atom. The van der Waals surface area contributed by atoms with Gasteiger partial charge in [-0.3, -0.25) is 0 Å². The summed E-state index contributed by atoms with van der Waals surface area (Å²) in [7, 11) is 0. The van der Waals surface area contributed by atoms with Crippen molar-refractivity contribution in [1.29, 1.82) is 0 Å². The topological polar surface area (TPSA) is 40.5 Å². The van der Waals surface area contributed by atoms with Gasteiger partial charge in [-0.2, -0.15) is 11.8 Å². The maximum atomic E-state index is 9.32. The number of aliphatic hydroxyl groups is 2. The molecule has 0 amide bonds. The quantitative estimate of drug-likeness (QED) is 0.556. The van der Waals surface area contributed by atoms with Crippen LogP contribution in [-0.2, 0) is 0 Å². The Bertz CT molecular complexity index is 109. The fourth-order valence-electron chi connectivity index (χ4n) is 1.25. The molecule has 2 N–H and O–H groups in total. The zero-order valence-electron chi connectivity index (χ0n) is 9.24. The average molecular weight is 220 g/mol. The summed E-state index contributed by atoms with van der Waals surface area (Å²) >= 11 is 1.92. The molecule has 3 heteroatoms. The molecule has 0 aromatic heterocycles. The molecule has 0 aliphatic carbocycles. The monoisotopic (exact) mass is 220 g/mol. The first-order chi connectivity index (χ1) is 6.81. The van der Waals surface area contributed by atoms with Crippen molar-refractivity contribution >= 4 is 11.8 Å². The van der Waals surface area contributed by atoms with E-state index in [9.17, 15) is 5.11 Å². The second kappa shape index (κ2) is 11.3. The lowest BCUT2D eigenvalue weighted by molar-refractivity contribution is 0.130. The molecular weight excluding hydrogens is 196 g/mol. The highest BCUT2D eigenvalue weighted by Gasteiger charge is 2.01. The van der Waals surface area contributed by atoms with Crippen LogP contribution in [0, 0.1) is 0 Å². The molecule has 2 nitrogen and oxygen atoms in total. The summed E-state index contributed by atoms with van der Waals surface area (Å²) in [6, 6.07) is 0. The van der Waals surface area contributed by atoms with Crippen molar-refractivity contribution in [3.8, 4) is 0 Å². The number of rotatable bonds is 10. The second-order valence-corrected chi connectivity index (χ2v) is 4.85. The van der Waals surface area contributed by atoms with E-state index in [1.165, 1.54) is 31.4 Å². The lowest BCUT2D eigenvalue weighted by Gasteiger charge is -2.07. The first-order valence-corrected chi connectivity index (χ1v) is 6.83. The number of aliphatic hydroxyl groups excluding tert-OH is 2. The predicted octanol–water partition coefficient (Wildman–Crippen LogP) is 2.43. The van der Waals surface area contributed by atoms with E-state index < -0.39 is 0 Å². The molecule has 0 saturated carbocycles. The molecule has 0 spiro atoms. The summed E-state index contributed by atoms with van der Waals surface area (Å²) < 4.78 is 0. The molecule has 0 rings (SSSR count). The molecule has 0 aromatic carbocycles. The van der Waals surface area contributed by atoms with Crippen LogP contribution < -0.4 is 0 Å². The van der Waals surface area contributed by atoms with Gasteiger partial charge in [-0.25, -0.2) is 0 Å². The van der Waals surface area contributed by atoms with Gasteiger partial charge in [-0.1, -0.05) is 26.2 Å². The van der Waals surface area contributed by atoms with Crippen molar-refractivity contribution in [2.24, 2.45) is 0 Å². The fraction of sp³-hybridized carbons (Fsp3) is 1.00. The van der Waals surface area contributed by atoms with Crippen LogP contribution in [0.1, 0.15) is 45.4 Å². The first-order valence-electron chi connectivity index (χ1n) is 5.68. The van der Waals surface area contributed by atoms with Crippen molar-refractivity contribution in [1.82, 2.24) is 0 Å². The van der Waals surface area contributed by atoms with Crippen molar-refractivity contribution in [3.63, 3.8) is 0 Å². The third-order valence-electron chi connectivity index (χ3n) is 2.20. The number of hydrogen-bond acceptors (Lipinski definition) is 3. The molecule has 0 aliphatic heterocycles. The van der Waals surface area contributed by atoms with Crippen LogP contribution >= 0.6 is 11.8 Å². The van der Waals surface area contributed by atoms with Gasteiger partial charge in [0.25, 0.3) is 0 Å². The Balaban J connectivity index is 2.98. The smallest absolute Gasteiger partial charge is 0.0570 e. The molecule has 0 bridgehead atoms. The van der Waals surface area contributed by atoms with Gasteiger partial charge in [0, 0.05) is 6.61 Å². The van der Waals surface area contributed by atoms with Crippen LogP contribution in [-0.4, -0.2) is 34.4 Å². The Kier molecular flexibility index (Phi) is 11.6. The molecular formula is C11H24O2S. The van der Waals surface area contributed by atoms with E-state index in [0.717, 1.165) is 12.2 Å².